The topological polar surface area (TPSA) is 55.1 Å². The van der Waals surface area contributed by atoms with Gasteiger partial charge in [0.1, 0.15) is 0 Å². The zero-order valence-corrected chi connectivity index (χ0v) is 10.9. The van der Waals surface area contributed by atoms with Crippen LogP contribution in [0.5, 0.6) is 0 Å². The molecule has 0 spiro atoms. The van der Waals surface area contributed by atoms with E-state index in [4.69, 9.17) is 5.73 Å². The number of nitrogens with two attached hydrogens (primary N) is 1. The molecule has 4 heteroatoms. The van der Waals surface area contributed by atoms with Gasteiger partial charge in [-0.3, -0.25) is 4.79 Å². The summed E-state index contributed by atoms with van der Waals surface area (Å²) in [7, 11) is 0. The molecular formula is C11H25ClN2O. The van der Waals surface area contributed by atoms with Gasteiger partial charge in [-0.15, -0.1) is 12.4 Å². The molecule has 0 aliphatic carbocycles. The van der Waals surface area contributed by atoms with Crippen molar-refractivity contribution in [2.24, 2.45) is 11.7 Å². The Morgan fingerprint density at radius 1 is 1.27 bits per heavy atom. The SMILES string of the molecule is CC(C)CCC(C)NC(=O)CCCN.Cl. The Bertz CT molecular complexity index is 163. The Kier molecular flexibility index (Phi) is 11.7. The fourth-order valence-corrected chi connectivity index (χ4v) is 1.27. The van der Waals surface area contributed by atoms with E-state index >= 15 is 0 Å². The zero-order chi connectivity index (χ0) is 11.0. The average Bonchev–Trinajstić information content (AvgIpc) is 2.11. The molecule has 0 aliphatic rings. The molecule has 0 aliphatic heterocycles. The highest BCUT2D eigenvalue weighted by atomic mass is 35.5. The van der Waals surface area contributed by atoms with Crippen molar-refractivity contribution in [1.29, 1.82) is 0 Å². The van der Waals surface area contributed by atoms with Crippen molar-refractivity contribution in [3.63, 3.8) is 0 Å². The van der Waals surface area contributed by atoms with Gasteiger partial charge in [0.15, 0.2) is 0 Å². The first kappa shape index (κ1) is 17.1. The largest absolute Gasteiger partial charge is 0.354 e. The van der Waals surface area contributed by atoms with E-state index in [2.05, 4.69) is 26.1 Å². The summed E-state index contributed by atoms with van der Waals surface area (Å²) in [6.07, 6.45) is 3.57. The van der Waals surface area contributed by atoms with Gasteiger partial charge in [0.25, 0.3) is 0 Å². The van der Waals surface area contributed by atoms with E-state index in [1.165, 1.54) is 6.42 Å². The Balaban J connectivity index is 0. The molecule has 0 saturated heterocycles. The second kappa shape index (κ2) is 10.2. The third kappa shape index (κ3) is 11.6. The number of carbonyl (C=O) groups excluding carboxylic acids is 1. The van der Waals surface area contributed by atoms with Gasteiger partial charge in [-0.2, -0.15) is 0 Å². The van der Waals surface area contributed by atoms with E-state index in [9.17, 15) is 4.79 Å². The van der Waals surface area contributed by atoms with E-state index in [0.29, 0.717) is 24.9 Å². The number of amides is 1. The summed E-state index contributed by atoms with van der Waals surface area (Å²) in [5.41, 5.74) is 5.33. The van der Waals surface area contributed by atoms with Crippen molar-refractivity contribution in [1.82, 2.24) is 5.32 Å². The van der Waals surface area contributed by atoms with Gasteiger partial charge >= 0.3 is 0 Å². The minimum atomic E-state index is 0. The van der Waals surface area contributed by atoms with Gasteiger partial charge in [-0.25, -0.2) is 0 Å². The molecule has 3 nitrogen and oxygen atoms in total. The molecule has 1 atom stereocenters. The number of halogens is 1. The maximum Gasteiger partial charge on any atom is 0.220 e. The van der Waals surface area contributed by atoms with Crippen LogP contribution < -0.4 is 11.1 Å². The quantitative estimate of drug-likeness (QED) is 0.711. The molecule has 0 bridgehead atoms. The number of nitrogens with one attached hydrogen (secondary N) is 1. The van der Waals surface area contributed by atoms with Gasteiger partial charge in [0, 0.05) is 12.5 Å². The smallest absolute Gasteiger partial charge is 0.220 e. The molecule has 0 saturated carbocycles. The maximum absolute atomic E-state index is 11.3. The molecule has 3 N–H and O–H groups in total. The van der Waals surface area contributed by atoms with E-state index < -0.39 is 0 Å². The highest BCUT2D eigenvalue weighted by Gasteiger charge is 2.07. The molecule has 0 heterocycles. The van der Waals surface area contributed by atoms with Crippen molar-refractivity contribution >= 4 is 18.3 Å². The Hall–Kier alpha value is -0.280. The number of hydrogen-bond acceptors (Lipinski definition) is 2. The van der Waals surface area contributed by atoms with Crippen LogP contribution in [-0.2, 0) is 4.79 Å². The fraction of sp³-hybridized carbons (Fsp3) is 0.909. The molecule has 15 heavy (non-hydrogen) atoms. The summed E-state index contributed by atoms with van der Waals surface area (Å²) in [6, 6.07) is 0.294. The van der Waals surface area contributed by atoms with Crippen molar-refractivity contribution in [2.45, 2.75) is 52.5 Å². The van der Waals surface area contributed by atoms with Crippen LogP contribution in [0.2, 0.25) is 0 Å². The summed E-state index contributed by atoms with van der Waals surface area (Å²) in [5.74, 6) is 0.838. The monoisotopic (exact) mass is 236 g/mol. The normalized spacial score (nSPS) is 12.1. The lowest BCUT2D eigenvalue weighted by Gasteiger charge is -2.14. The third-order valence-corrected chi connectivity index (χ3v) is 2.19. The summed E-state index contributed by atoms with van der Waals surface area (Å²) < 4.78 is 0. The van der Waals surface area contributed by atoms with Crippen LogP contribution in [0.25, 0.3) is 0 Å². The second-order valence-corrected chi connectivity index (χ2v) is 4.33. The van der Waals surface area contributed by atoms with Crippen LogP contribution in [0.15, 0.2) is 0 Å². The molecule has 0 radical (unpaired) electrons. The molecule has 92 valence electrons. The summed E-state index contributed by atoms with van der Waals surface area (Å²) >= 11 is 0. The van der Waals surface area contributed by atoms with Crippen LogP contribution in [0.1, 0.15) is 46.5 Å². The van der Waals surface area contributed by atoms with Crippen molar-refractivity contribution in [3.8, 4) is 0 Å². The summed E-state index contributed by atoms with van der Waals surface area (Å²) in [6.45, 7) is 7.04. The first-order valence-electron chi connectivity index (χ1n) is 5.55. The average molecular weight is 237 g/mol. The Morgan fingerprint density at radius 2 is 1.87 bits per heavy atom. The molecule has 0 rings (SSSR count). The van der Waals surface area contributed by atoms with Crippen molar-refractivity contribution in [3.05, 3.63) is 0 Å². The number of rotatable bonds is 7. The van der Waals surface area contributed by atoms with Gasteiger partial charge in [-0.05, 0) is 38.6 Å². The first-order valence-corrected chi connectivity index (χ1v) is 5.55. The molecule has 1 unspecified atom stereocenters. The predicted molar refractivity (Wildman–Crippen MR) is 67.2 cm³/mol. The van der Waals surface area contributed by atoms with E-state index in [1.54, 1.807) is 0 Å². The minimum Gasteiger partial charge on any atom is -0.354 e. The lowest BCUT2D eigenvalue weighted by Crippen LogP contribution is -2.32. The molecule has 0 aromatic carbocycles. The van der Waals surface area contributed by atoms with Crippen LogP contribution >= 0.6 is 12.4 Å². The zero-order valence-electron chi connectivity index (χ0n) is 10.1. The van der Waals surface area contributed by atoms with Crippen LogP contribution in [-0.4, -0.2) is 18.5 Å². The summed E-state index contributed by atoms with van der Waals surface area (Å²) in [4.78, 5) is 11.3. The standard InChI is InChI=1S/C11H24N2O.ClH/c1-9(2)6-7-10(3)13-11(14)5-4-8-12;/h9-10H,4-8,12H2,1-3H3,(H,13,14);1H. The van der Waals surface area contributed by atoms with Crippen molar-refractivity contribution in [2.75, 3.05) is 6.54 Å². The van der Waals surface area contributed by atoms with E-state index in [0.717, 1.165) is 12.8 Å². The Labute approximate surface area is 99.6 Å². The highest BCUT2D eigenvalue weighted by molar-refractivity contribution is 5.85. The fourth-order valence-electron chi connectivity index (χ4n) is 1.27. The lowest BCUT2D eigenvalue weighted by molar-refractivity contribution is -0.121. The predicted octanol–water partition coefficient (Wildman–Crippen LogP) is 2.09. The minimum absolute atomic E-state index is 0. The maximum atomic E-state index is 11.3. The van der Waals surface area contributed by atoms with Gasteiger partial charge in [-0.1, -0.05) is 13.8 Å². The molecule has 0 aromatic rings. The first-order chi connectivity index (χ1) is 6.56. The van der Waals surface area contributed by atoms with Gasteiger partial charge in [0.2, 0.25) is 5.91 Å². The van der Waals surface area contributed by atoms with E-state index in [-0.39, 0.29) is 18.3 Å². The van der Waals surface area contributed by atoms with Gasteiger partial charge < -0.3 is 11.1 Å². The molecule has 0 aromatic heterocycles. The Morgan fingerprint density at radius 3 is 2.33 bits per heavy atom. The van der Waals surface area contributed by atoms with Crippen LogP contribution in [0.4, 0.5) is 0 Å². The lowest BCUT2D eigenvalue weighted by atomic mass is 10.0. The van der Waals surface area contributed by atoms with Crippen molar-refractivity contribution < 1.29 is 4.79 Å². The number of hydrogen-bond donors (Lipinski definition) is 2. The van der Waals surface area contributed by atoms with Gasteiger partial charge in [0.05, 0.1) is 0 Å². The second-order valence-electron chi connectivity index (χ2n) is 4.33. The van der Waals surface area contributed by atoms with E-state index in [1.807, 2.05) is 0 Å². The van der Waals surface area contributed by atoms with Crippen LogP contribution in [0, 0.1) is 5.92 Å². The highest BCUT2D eigenvalue weighted by Crippen LogP contribution is 2.06. The molecular weight excluding hydrogens is 212 g/mol. The third-order valence-electron chi connectivity index (χ3n) is 2.19. The van der Waals surface area contributed by atoms with Crippen LogP contribution in [0.3, 0.4) is 0 Å². The summed E-state index contributed by atoms with van der Waals surface area (Å²) in [5, 5.41) is 2.98. The number of carbonyl (C=O) groups is 1. The molecule has 0 fully saturated rings. The molecule has 1 amide bonds.